The second kappa shape index (κ2) is 12.2. The molecule has 2 aliphatic heterocycles. The molecule has 0 aromatic heterocycles. The first kappa shape index (κ1) is 28.6. The number of piperazine rings is 1. The summed E-state index contributed by atoms with van der Waals surface area (Å²) in [6, 6.07) is 6.21. The highest BCUT2D eigenvalue weighted by atomic mass is 19.4. The smallest absolute Gasteiger partial charge is 0.422 e. The van der Waals surface area contributed by atoms with Crippen molar-refractivity contribution < 1.29 is 32.3 Å². The van der Waals surface area contributed by atoms with Crippen LogP contribution in [-0.2, 0) is 20.9 Å². The number of nitriles is 1. The molecule has 0 spiro atoms. The summed E-state index contributed by atoms with van der Waals surface area (Å²) in [6.45, 7) is 2.90. The molecule has 3 atom stereocenters. The van der Waals surface area contributed by atoms with E-state index >= 15 is 0 Å². The maximum absolute atomic E-state index is 13.3. The lowest BCUT2D eigenvalue weighted by Crippen LogP contribution is -2.62. The van der Waals surface area contributed by atoms with Gasteiger partial charge in [0.1, 0.15) is 12.3 Å². The lowest BCUT2D eigenvalue weighted by atomic mass is 9.79. The predicted octanol–water partition coefficient (Wildman–Crippen LogP) is 1.21. The fourth-order valence-corrected chi connectivity index (χ4v) is 5.56. The minimum Gasteiger partial charge on any atom is -0.484 e. The molecule has 3 fully saturated rings. The molecule has 10 nitrogen and oxygen atoms in total. The van der Waals surface area contributed by atoms with E-state index < -0.39 is 18.7 Å². The molecule has 2 heterocycles. The van der Waals surface area contributed by atoms with E-state index in [1.54, 1.807) is 6.92 Å². The topological polar surface area (TPSA) is 118 Å². The molecule has 4 rings (SSSR count). The SMILES string of the molecule is CC(=O)N1CCN(C2CCC3NCN(CC(=O)NCc4ccc(C#N)cc4OCC(F)(F)F)C(=O)C3C2)CC1. The molecule has 1 aromatic carbocycles. The van der Waals surface area contributed by atoms with Gasteiger partial charge in [-0.1, -0.05) is 6.07 Å². The Labute approximate surface area is 225 Å². The number of rotatable bonds is 7. The van der Waals surface area contributed by atoms with E-state index in [-0.39, 0.29) is 66.5 Å². The second-order valence-electron chi connectivity index (χ2n) is 10.2. The maximum atomic E-state index is 13.3. The van der Waals surface area contributed by atoms with Crippen molar-refractivity contribution in [1.29, 1.82) is 5.26 Å². The predicted molar refractivity (Wildman–Crippen MR) is 133 cm³/mol. The van der Waals surface area contributed by atoms with Gasteiger partial charge in [-0.25, -0.2) is 0 Å². The third-order valence-corrected chi connectivity index (χ3v) is 7.67. The fourth-order valence-electron chi connectivity index (χ4n) is 5.56. The average molecular weight is 551 g/mol. The van der Waals surface area contributed by atoms with E-state index in [0.29, 0.717) is 19.5 Å². The lowest BCUT2D eigenvalue weighted by molar-refractivity contribution is -0.153. The van der Waals surface area contributed by atoms with Crippen molar-refractivity contribution in [2.45, 2.75) is 51.0 Å². The van der Waals surface area contributed by atoms with E-state index in [1.165, 1.54) is 23.1 Å². The van der Waals surface area contributed by atoms with Crippen LogP contribution >= 0.6 is 0 Å². The number of hydrogen-bond acceptors (Lipinski definition) is 7. The summed E-state index contributed by atoms with van der Waals surface area (Å²) in [5.41, 5.74) is 0.420. The Bertz CT molecular complexity index is 1120. The molecule has 1 saturated carbocycles. The van der Waals surface area contributed by atoms with E-state index in [2.05, 4.69) is 15.5 Å². The van der Waals surface area contributed by atoms with E-state index in [1.807, 2.05) is 11.0 Å². The molecule has 3 amide bonds. The van der Waals surface area contributed by atoms with Crippen LogP contribution in [0.15, 0.2) is 18.2 Å². The Morgan fingerprint density at radius 3 is 2.62 bits per heavy atom. The van der Waals surface area contributed by atoms with Crippen LogP contribution in [0, 0.1) is 17.2 Å². The summed E-state index contributed by atoms with van der Waals surface area (Å²) in [7, 11) is 0. The van der Waals surface area contributed by atoms with Crippen molar-refractivity contribution in [1.82, 2.24) is 25.3 Å². The zero-order valence-electron chi connectivity index (χ0n) is 21.8. The number of alkyl halides is 3. The second-order valence-corrected chi connectivity index (χ2v) is 10.2. The summed E-state index contributed by atoms with van der Waals surface area (Å²) in [4.78, 5) is 43.3. The van der Waals surface area contributed by atoms with Gasteiger partial charge in [-0.05, 0) is 31.4 Å². The van der Waals surface area contributed by atoms with Gasteiger partial charge in [0.25, 0.3) is 0 Å². The lowest BCUT2D eigenvalue weighted by Gasteiger charge is -2.47. The van der Waals surface area contributed by atoms with Crippen molar-refractivity contribution in [3.63, 3.8) is 0 Å². The monoisotopic (exact) mass is 550 g/mol. The van der Waals surface area contributed by atoms with E-state index in [9.17, 15) is 27.6 Å². The summed E-state index contributed by atoms with van der Waals surface area (Å²) >= 11 is 0. The Morgan fingerprint density at radius 2 is 1.95 bits per heavy atom. The van der Waals surface area contributed by atoms with Crippen LogP contribution in [0.1, 0.15) is 37.3 Å². The molecule has 13 heteroatoms. The van der Waals surface area contributed by atoms with Crippen LogP contribution in [-0.4, -0.2) is 96.7 Å². The summed E-state index contributed by atoms with van der Waals surface area (Å²) in [5.74, 6) is -0.862. The van der Waals surface area contributed by atoms with Crippen LogP contribution in [0.5, 0.6) is 5.75 Å². The van der Waals surface area contributed by atoms with E-state index in [0.717, 1.165) is 25.9 Å². The number of ether oxygens (including phenoxy) is 1. The first-order valence-electron chi connectivity index (χ1n) is 13.0. The highest BCUT2D eigenvalue weighted by Gasteiger charge is 2.42. The standard InChI is InChI=1S/C26H33F3N6O4/c1-17(36)33-6-8-34(9-7-33)20-4-5-22-21(11-20)25(38)35(16-32-22)14-24(37)31-13-19-3-2-18(12-30)10-23(19)39-15-26(27,28)29/h2-3,10,20-22,32H,4-9,11,13-16H2,1H3,(H,31,37). The molecule has 0 bridgehead atoms. The Balaban J connectivity index is 1.31. The molecule has 39 heavy (non-hydrogen) atoms. The van der Waals surface area contributed by atoms with Crippen molar-refractivity contribution in [2.24, 2.45) is 5.92 Å². The number of amides is 3. The number of carbonyl (C=O) groups excluding carboxylic acids is 3. The first-order valence-corrected chi connectivity index (χ1v) is 13.0. The Hall–Kier alpha value is -3.37. The minimum absolute atomic E-state index is 0.0542. The molecule has 1 aliphatic carbocycles. The van der Waals surface area contributed by atoms with Gasteiger partial charge >= 0.3 is 6.18 Å². The molecule has 3 aliphatic rings. The van der Waals surface area contributed by atoms with Crippen LogP contribution in [0.25, 0.3) is 0 Å². The van der Waals surface area contributed by atoms with Gasteiger partial charge in [0.2, 0.25) is 17.7 Å². The highest BCUT2D eigenvalue weighted by Crippen LogP contribution is 2.32. The minimum atomic E-state index is -4.55. The fraction of sp³-hybridized carbons (Fsp3) is 0.615. The third-order valence-electron chi connectivity index (χ3n) is 7.67. The van der Waals surface area contributed by atoms with Crippen molar-refractivity contribution >= 4 is 17.7 Å². The van der Waals surface area contributed by atoms with Crippen molar-refractivity contribution in [3.05, 3.63) is 29.3 Å². The number of nitrogens with zero attached hydrogens (tertiary/aromatic N) is 4. The molecule has 212 valence electrons. The number of fused-ring (bicyclic) bond motifs is 1. The summed E-state index contributed by atoms with van der Waals surface area (Å²) in [5, 5.41) is 15.1. The van der Waals surface area contributed by atoms with Gasteiger partial charge in [-0.3, -0.25) is 24.6 Å². The molecule has 2 saturated heterocycles. The number of benzene rings is 1. The van der Waals surface area contributed by atoms with Gasteiger partial charge in [0, 0.05) is 57.3 Å². The Morgan fingerprint density at radius 1 is 1.21 bits per heavy atom. The number of nitrogens with one attached hydrogen (secondary N) is 2. The first-order chi connectivity index (χ1) is 18.5. The summed E-state index contributed by atoms with van der Waals surface area (Å²) < 4.78 is 42.8. The zero-order valence-corrected chi connectivity index (χ0v) is 21.8. The zero-order chi connectivity index (χ0) is 28.2. The van der Waals surface area contributed by atoms with Crippen molar-refractivity contribution in [3.8, 4) is 11.8 Å². The van der Waals surface area contributed by atoms with Gasteiger partial charge < -0.3 is 19.9 Å². The molecule has 3 unspecified atom stereocenters. The highest BCUT2D eigenvalue weighted by molar-refractivity contribution is 5.87. The molecule has 1 aromatic rings. The van der Waals surface area contributed by atoms with Crippen LogP contribution < -0.4 is 15.4 Å². The normalized spacial score (nSPS) is 24.1. The summed E-state index contributed by atoms with van der Waals surface area (Å²) in [6.07, 6.45) is -2.05. The largest absolute Gasteiger partial charge is 0.484 e. The number of hydrogen-bond donors (Lipinski definition) is 2. The van der Waals surface area contributed by atoms with Gasteiger partial charge in [-0.2, -0.15) is 18.4 Å². The molecular weight excluding hydrogens is 517 g/mol. The number of halogens is 3. The van der Waals surface area contributed by atoms with Crippen LogP contribution in [0.3, 0.4) is 0 Å². The van der Waals surface area contributed by atoms with Gasteiger partial charge in [0.05, 0.1) is 24.2 Å². The molecule has 0 radical (unpaired) electrons. The molecule has 2 N–H and O–H groups in total. The third kappa shape index (κ3) is 7.39. The van der Waals surface area contributed by atoms with Crippen LogP contribution in [0.2, 0.25) is 0 Å². The van der Waals surface area contributed by atoms with Crippen LogP contribution in [0.4, 0.5) is 13.2 Å². The Kier molecular flexibility index (Phi) is 8.97. The van der Waals surface area contributed by atoms with E-state index in [4.69, 9.17) is 10.00 Å². The maximum Gasteiger partial charge on any atom is 0.422 e. The number of carbonyl (C=O) groups is 3. The molecular formula is C26H33F3N6O4. The van der Waals surface area contributed by atoms with Gasteiger partial charge in [0.15, 0.2) is 6.61 Å². The average Bonchev–Trinajstić information content (AvgIpc) is 2.92. The van der Waals surface area contributed by atoms with Crippen molar-refractivity contribution in [2.75, 3.05) is 46.0 Å². The quantitative estimate of drug-likeness (QED) is 0.524. The van der Waals surface area contributed by atoms with Gasteiger partial charge in [-0.15, -0.1) is 0 Å².